The number of nitrogens with zero attached hydrogens (tertiary/aromatic N) is 1. The van der Waals surface area contributed by atoms with E-state index in [9.17, 15) is 9.00 Å². The van der Waals surface area contributed by atoms with Gasteiger partial charge in [0.15, 0.2) is 5.78 Å². The highest BCUT2D eigenvalue weighted by Gasteiger charge is 2.09. The van der Waals surface area contributed by atoms with Crippen LogP contribution in [0.1, 0.15) is 28.4 Å². The lowest BCUT2D eigenvalue weighted by atomic mass is 10.1. The summed E-state index contributed by atoms with van der Waals surface area (Å²) in [6, 6.07) is 16.7. The van der Waals surface area contributed by atoms with Crippen LogP contribution in [0.25, 0.3) is 0 Å². The second kappa shape index (κ2) is 8.25. The van der Waals surface area contributed by atoms with Gasteiger partial charge in [0.1, 0.15) is 0 Å². The van der Waals surface area contributed by atoms with Crippen LogP contribution in [0.15, 0.2) is 48.5 Å². The number of hydrogen-bond donors (Lipinski definition) is 1. The quantitative estimate of drug-likeness (QED) is 0.794. The van der Waals surface area contributed by atoms with Crippen molar-refractivity contribution < 1.29 is 9.00 Å². The number of carbonyl (C=O) groups excluding carboxylic acids is 1. The van der Waals surface area contributed by atoms with E-state index in [1.54, 1.807) is 18.2 Å². The van der Waals surface area contributed by atoms with Crippen molar-refractivity contribution >= 4 is 22.3 Å². The minimum absolute atomic E-state index is 0.0672. The molecule has 2 rings (SSSR count). The van der Waals surface area contributed by atoms with Crippen LogP contribution >= 0.6 is 0 Å². The van der Waals surface area contributed by atoms with Crippen LogP contribution in [-0.2, 0) is 16.6 Å². The molecule has 4 nitrogen and oxygen atoms in total. The summed E-state index contributed by atoms with van der Waals surface area (Å²) in [6.07, 6.45) is 0. The van der Waals surface area contributed by atoms with E-state index in [1.807, 2.05) is 30.3 Å². The fraction of sp³-hybridized carbons (Fsp3) is 0.222. The fourth-order valence-electron chi connectivity index (χ4n) is 2.20. The molecule has 2 aromatic rings. The number of anilines is 1. The molecule has 0 saturated heterocycles. The van der Waals surface area contributed by atoms with E-state index in [1.165, 1.54) is 6.92 Å². The number of Topliss-reactive ketones (excluding diaryl/α,β-unsaturated/α-hetero) is 1. The highest BCUT2D eigenvalue weighted by molar-refractivity contribution is 7.84. The fourth-order valence-corrected chi connectivity index (χ4v) is 3.24. The molecule has 1 unspecified atom stereocenters. The van der Waals surface area contributed by atoms with Crippen LogP contribution in [-0.4, -0.2) is 22.3 Å². The molecule has 0 saturated carbocycles. The Morgan fingerprint density at radius 1 is 1.22 bits per heavy atom. The number of ketones is 1. The number of hydrogen-bond acceptors (Lipinski definition) is 4. The molecule has 23 heavy (non-hydrogen) atoms. The topological polar surface area (TPSA) is 70.0 Å². The Bertz CT molecular complexity index is 751. The first kappa shape index (κ1) is 16.9. The smallest absolute Gasteiger partial charge is 0.161 e. The molecule has 0 bridgehead atoms. The predicted octanol–water partition coefficient (Wildman–Crippen LogP) is 3.12. The third kappa shape index (κ3) is 5.04. The molecular formula is C18H18N2O2S. The van der Waals surface area contributed by atoms with E-state index in [4.69, 9.17) is 5.26 Å². The van der Waals surface area contributed by atoms with E-state index in [0.29, 0.717) is 34.9 Å². The third-order valence-corrected chi connectivity index (χ3v) is 4.66. The van der Waals surface area contributed by atoms with Crippen LogP contribution < -0.4 is 5.32 Å². The van der Waals surface area contributed by atoms with Gasteiger partial charge in [-0.25, -0.2) is 0 Å². The van der Waals surface area contributed by atoms with E-state index < -0.39 is 10.8 Å². The highest BCUT2D eigenvalue weighted by atomic mass is 32.2. The van der Waals surface area contributed by atoms with Crippen molar-refractivity contribution in [3.63, 3.8) is 0 Å². The Morgan fingerprint density at radius 3 is 2.61 bits per heavy atom. The van der Waals surface area contributed by atoms with Gasteiger partial charge < -0.3 is 5.32 Å². The molecule has 1 N–H and O–H groups in total. The van der Waals surface area contributed by atoms with Crippen molar-refractivity contribution in [2.75, 3.05) is 17.6 Å². The molecule has 0 aliphatic rings. The Labute approximate surface area is 138 Å². The van der Waals surface area contributed by atoms with Crippen LogP contribution in [0.3, 0.4) is 0 Å². The first-order valence-electron chi connectivity index (χ1n) is 7.28. The van der Waals surface area contributed by atoms with Crippen LogP contribution in [0.5, 0.6) is 0 Å². The molecule has 0 aliphatic carbocycles. The lowest BCUT2D eigenvalue weighted by molar-refractivity contribution is 0.101. The number of rotatable bonds is 7. The van der Waals surface area contributed by atoms with Gasteiger partial charge in [0.25, 0.3) is 0 Å². The standard InChI is InChI=1S/C18H18N2O2S/c1-14(21)17-8-7-16(12-19)11-18(17)20-9-10-23(22)13-15-5-3-2-4-6-15/h2-8,11,20H,9-10,13H2,1H3. The van der Waals surface area contributed by atoms with Gasteiger partial charge in [-0.15, -0.1) is 0 Å². The Hall–Kier alpha value is -2.45. The van der Waals surface area contributed by atoms with Crippen molar-refractivity contribution in [2.24, 2.45) is 0 Å². The molecular weight excluding hydrogens is 308 g/mol. The Kier molecular flexibility index (Phi) is 6.07. The van der Waals surface area contributed by atoms with Crippen molar-refractivity contribution in [3.8, 4) is 6.07 Å². The van der Waals surface area contributed by atoms with Crippen molar-refractivity contribution in [1.82, 2.24) is 0 Å². The maximum atomic E-state index is 12.1. The largest absolute Gasteiger partial charge is 0.383 e. The molecule has 0 spiro atoms. The van der Waals surface area contributed by atoms with Crippen molar-refractivity contribution in [3.05, 3.63) is 65.2 Å². The van der Waals surface area contributed by atoms with Gasteiger partial charge >= 0.3 is 0 Å². The van der Waals surface area contributed by atoms with Crippen LogP contribution in [0.4, 0.5) is 5.69 Å². The van der Waals surface area contributed by atoms with Crippen molar-refractivity contribution in [2.45, 2.75) is 12.7 Å². The van der Waals surface area contributed by atoms with Gasteiger partial charge in [0.05, 0.1) is 11.6 Å². The summed E-state index contributed by atoms with van der Waals surface area (Å²) in [5.74, 6) is 0.922. The van der Waals surface area contributed by atoms with Crippen LogP contribution in [0.2, 0.25) is 0 Å². The molecule has 2 aromatic carbocycles. The van der Waals surface area contributed by atoms with Crippen molar-refractivity contribution in [1.29, 1.82) is 5.26 Å². The molecule has 118 valence electrons. The predicted molar refractivity (Wildman–Crippen MR) is 92.8 cm³/mol. The molecule has 0 radical (unpaired) electrons. The molecule has 5 heteroatoms. The second-order valence-corrected chi connectivity index (χ2v) is 6.71. The maximum absolute atomic E-state index is 12.1. The Balaban J connectivity index is 1.94. The van der Waals surface area contributed by atoms with Gasteiger partial charge in [0.2, 0.25) is 0 Å². The molecule has 1 atom stereocenters. The minimum atomic E-state index is -0.982. The average Bonchev–Trinajstić information content (AvgIpc) is 2.55. The number of carbonyl (C=O) groups is 1. The summed E-state index contributed by atoms with van der Waals surface area (Å²) in [4.78, 5) is 11.6. The van der Waals surface area contributed by atoms with Gasteiger partial charge in [-0.1, -0.05) is 30.3 Å². The molecule has 0 fully saturated rings. The molecule has 0 heterocycles. The summed E-state index contributed by atoms with van der Waals surface area (Å²) < 4.78 is 12.1. The van der Waals surface area contributed by atoms with Gasteiger partial charge in [-0.2, -0.15) is 5.26 Å². The van der Waals surface area contributed by atoms with E-state index in [0.717, 1.165) is 5.56 Å². The maximum Gasteiger partial charge on any atom is 0.161 e. The van der Waals surface area contributed by atoms with E-state index in [-0.39, 0.29) is 5.78 Å². The number of benzene rings is 2. The molecule has 0 aliphatic heterocycles. The SMILES string of the molecule is CC(=O)c1ccc(C#N)cc1NCCS(=O)Cc1ccccc1. The summed E-state index contributed by atoms with van der Waals surface area (Å²) >= 11 is 0. The van der Waals surface area contributed by atoms with Crippen LogP contribution in [0, 0.1) is 11.3 Å². The van der Waals surface area contributed by atoms with Gasteiger partial charge in [-0.05, 0) is 30.7 Å². The van der Waals surface area contributed by atoms with Gasteiger partial charge in [0, 0.05) is 40.1 Å². The first-order valence-corrected chi connectivity index (χ1v) is 8.77. The zero-order valence-electron chi connectivity index (χ0n) is 12.9. The monoisotopic (exact) mass is 326 g/mol. The highest BCUT2D eigenvalue weighted by Crippen LogP contribution is 2.18. The summed E-state index contributed by atoms with van der Waals surface area (Å²) in [6.45, 7) is 1.97. The average molecular weight is 326 g/mol. The van der Waals surface area contributed by atoms with E-state index in [2.05, 4.69) is 11.4 Å². The molecule has 0 amide bonds. The lowest BCUT2D eigenvalue weighted by Gasteiger charge is -2.10. The molecule has 0 aromatic heterocycles. The Morgan fingerprint density at radius 2 is 1.96 bits per heavy atom. The second-order valence-electron chi connectivity index (χ2n) is 5.13. The zero-order valence-corrected chi connectivity index (χ0v) is 13.7. The summed E-state index contributed by atoms with van der Waals surface area (Å²) in [5, 5.41) is 12.1. The minimum Gasteiger partial charge on any atom is -0.383 e. The first-order chi connectivity index (χ1) is 11.1. The third-order valence-electron chi connectivity index (χ3n) is 3.34. The lowest BCUT2D eigenvalue weighted by Crippen LogP contribution is -2.14. The normalized spacial score (nSPS) is 11.5. The zero-order chi connectivity index (χ0) is 16.7. The number of nitriles is 1. The summed E-state index contributed by atoms with van der Waals surface area (Å²) in [7, 11) is -0.982. The summed E-state index contributed by atoms with van der Waals surface area (Å²) in [5.41, 5.74) is 2.69. The van der Waals surface area contributed by atoms with Gasteiger partial charge in [-0.3, -0.25) is 9.00 Å². The number of nitrogens with one attached hydrogen (secondary N) is 1. The van der Waals surface area contributed by atoms with E-state index >= 15 is 0 Å².